The molecule has 2 aromatic carbocycles. The van der Waals surface area contributed by atoms with Gasteiger partial charge in [0.15, 0.2) is 0 Å². The lowest BCUT2D eigenvalue weighted by molar-refractivity contribution is -0.130. The van der Waals surface area contributed by atoms with Crippen molar-refractivity contribution in [2.45, 2.75) is 50.7 Å². The summed E-state index contributed by atoms with van der Waals surface area (Å²) in [6.07, 6.45) is 7.21. The Balaban J connectivity index is 1.34. The maximum Gasteiger partial charge on any atom is 0.411 e. The van der Waals surface area contributed by atoms with E-state index in [1.54, 1.807) is 11.8 Å². The van der Waals surface area contributed by atoms with Gasteiger partial charge in [0, 0.05) is 18.1 Å². The highest BCUT2D eigenvalue weighted by Gasteiger charge is 2.37. The molecule has 2 atom stereocenters. The number of carbonyl (C=O) groups is 3. The number of thioether (sulfide) groups is 2. The highest BCUT2D eigenvalue weighted by atomic mass is 32.2. The number of nitrogens with one attached hydrogen (secondary N) is 2. The van der Waals surface area contributed by atoms with E-state index < -0.39 is 18.2 Å². The number of nitrogens with zero attached hydrogens (tertiary/aromatic N) is 1. The molecule has 0 bridgehead atoms. The van der Waals surface area contributed by atoms with Gasteiger partial charge in [-0.2, -0.15) is 11.8 Å². The molecule has 41 heavy (non-hydrogen) atoms. The minimum Gasteiger partial charge on any atom is -0.457 e. The van der Waals surface area contributed by atoms with Gasteiger partial charge in [0.05, 0.1) is 5.88 Å². The van der Waals surface area contributed by atoms with Gasteiger partial charge in [-0.05, 0) is 54.3 Å². The van der Waals surface area contributed by atoms with E-state index in [4.69, 9.17) is 9.47 Å². The van der Waals surface area contributed by atoms with Gasteiger partial charge in [-0.3, -0.25) is 14.5 Å². The van der Waals surface area contributed by atoms with Crippen LogP contribution in [0.2, 0.25) is 0 Å². The number of hydrogen-bond acceptors (Lipinski definition) is 7. The molecule has 1 heterocycles. The highest BCUT2D eigenvalue weighted by Crippen LogP contribution is 2.27. The fourth-order valence-electron chi connectivity index (χ4n) is 4.82. The van der Waals surface area contributed by atoms with E-state index in [0.29, 0.717) is 35.6 Å². The van der Waals surface area contributed by atoms with Gasteiger partial charge < -0.3 is 20.1 Å². The van der Waals surface area contributed by atoms with E-state index in [9.17, 15) is 14.4 Å². The normalized spacial score (nSPS) is 17.9. The maximum atomic E-state index is 13.3. The first-order valence-electron chi connectivity index (χ1n) is 14.1. The molecule has 4 rings (SSSR count). The highest BCUT2D eigenvalue weighted by molar-refractivity contribution is 7.99. The third kappa shape index (κ3) is 9.74. The topological polar surface area (TPSA) is 97.0 Å². The van der Waals surface area contributed by atoms with Crippen molar-refractivity contribution in [3.05, 3.63) is 72.8 Å². The molecule has 10 heteroatoms. The first-order valence-corrected chi connectivity index (χ1v) is 16.4. The van der Waals surface area contributed by atoms with Crippen molar-refractivity contribution in [3.63, 3.8) is 0 Å². The molecule has 2 aromatic rings. The Morgan fingerprint density at radius 3 is 2.51 bits per heavy atom. The smallest absolute Gasteiger partial charge is 0.411 e. The molecule has 0 radical (unpaired) electrons. The van der Waals surface area contributed by atoms with Gasteiger partial charge in [0.2, 0.25) is 11.8 Å². The Bertz CT molecular complexity index is 1140. The van der Waals surface area contributed by atoms with Crippen LogP contribution in [0, 0.1) is 5.92 Å². The zero-order valence-electron chi connectivity index (χ0n) is 23.3. The summed E-state index contributed by atoms with van der Waals surface area (Å²) < 4.78 is 11.0. The lowest BCUT2D eigenvalue weighted by Gasteiger charge is -2.26. The van der Waals surface area contributed by atoms with Crippen molar-refractivity contribution in [2.75, 3.05) is 29.7 Å². The zero-order chi connectivity index (χ0) is 28.9. The molecule has 1 aliphatic heterocycles. The monoisotopic (exact) mass is 597 g/mol. The Kier molecular flexibility index (Phi) is 12.3. The minimum absolute atomic E-state index is 0.0799. The molecular formula is C31H39N3O5S2. The van der Waals surface area contributed by atoms with Crippen LogP contribution < -0.4 is 15.4 Å². The third-order valence-corrected chi connectivity index (χ3v) is 9.40. The molecule has 220 valence electrons. The van der Waals surface area contributed by atoms with E-state index in [2.05, 4.69) is 17.2 Å². The molecule has 2 aliphatic rings. The fraction of sp³-hybridized carbons (Fsp3) is 0.452. The number of rotatable bonds is 13. The quantitative estimate of drug-likeness (QED) is 0.291. The third-order valence-electron chi connectivity index (χ3n) is 7.11. The first-order chi connectivity index (χ1) is 20.0. The van der Waals surface area contributed by atoms with Crippen LogP contribution >= 0.6 is 23.5 Å². The lowest BCUT2D eigenvalue weighted by atomic mass is 9.91. The van der Waals surface area contributed by atoms with E-state index in [-0.39, 0.29) is 18.4 Å². The average molecular weight is 598 g/mol. The van der Waals surface area contributed by atoms with Crippen molar-refractivity contribution in [3.8, 4) is 11.5 Å². The van der Waals surface area contributed by atoms with Gasteiger partial charge in [0.1, 0.15) is 30.2 Å². The second-order valence-electron chi connectivity index (χ2n) is 10.2. The summed E-state index contributed by atoms with van der Waals surface area (Å²) in [5.74, 6) is 3.80. The number of carbonyl (C=O) groups excluding carboxylic acids is 3. The molecule has 3 amide bonds. The maximum absolute atomic E-state index is 13.3. The van der Waals surface area contributed by atoms with Crippen LogP contribution in [0.15, 0.2) is 67.3 Å². The van der Waals surface area contributed by atoms with Gasteiger partial charge in [-0.1, -0.05) is 62.2 Å². The molecule has 0 spiro atoms. The fourth-order valence-corrected chi connectivity index (χ4v) is 7.24. The molecular weight excluding hydrogens is 558 g/mol. The average Bonchev–Trinajstić information content (AvgIpc) is 3.50. The van der Waals surface area contributed by atoms with E-state index in [0.717, 1.165) is 17.1 Å². The molecule has 0 unspecified atom stereocenters. The van der Waals surface area contributed by atoms with Crippen molar-refractivity contribution in [2.24, 2.45) is 5.92 Å². The largest absolute Gasteiger partial charge is 0.457 e. The van der Waals surface area contributed by atoms with Crippen LogP contribution in [-0.2, 0) is 20.9 Å². The Morgan fingerprint density at radius 2 is 1.78 bits per heavy atom. The summed E-state index contributed by atoms with van der Waals surface area (Å²) in [5.41, 5.74) is 0.919. The van der Waals surface area contributed by atoms with Crippen LogP contribution in [0.5, 0.6) is 11.5 Å². The van der Waals surface area contributed by atoms with Crippen LogP contribution in [0.4, 0.5) is 4.79 Å². The van der Waals surface area contributed by atoms with Crippen LogP contribution in [0.25, 0.3) is 0 Å². The van der Waals surface area contributed by atoms with Crippen LogP contribution in [0.1, 0.15) is 37.7 Å². The van der Waals surface area contributed by atoms with Crippen molar-refractivity contribution in [1.29, 1.82) is 0 Å². The number of para-hydroxylation sites is 1. The van der Waals surface area contributed by atoms with E-state index in [1.165, 1.54) is 54.8 Å². The minimum atomic E-state index is -0.714. The number of amides is 3. The van der Waals surface area contributed by atoms with Gasteiger partial charge in [-0.15, -0.1) is 11.8 Å². The molecule has 8 nitrogen and oxygen atoms in total. The summed E-state index contributed by atoms with van der Waals surface area (Å²) in [7, 11) is 0. The molecule has 1 aliphatic carbocycles. The van der Waals surface area contributed by atoms with Gasteiger partial charge in [0.25, 0.3) is 0 Å². The summed E-state index contributed by atoms with van der Waals surface area (Å²) in [4.78, 5) is 40.5. The standard InChI is InChI=1S/C31H39N3O5S2/c1-2-17-38-31(37)34-22-41-21-28(34)30(36)33-27(20-40-19-24-9-5-3-6-10-24)29(35)32-18-23-13-15-26(16-14-23)39-25-11-7-4-8-12-25/h2,4,7-8,11-16,24,27-28H,1,3,5-6,9-10,17-22H2,(H,32,35)(H,33,36)/t27-,28-/m0/s1. The van der Waals surface area contributed by atoms with Crippen LogP contribution in [0.3, 0.4) is 0 Å². The summed E-state index contributed by atoms with van der Waals surface area (Å²) in [6, 6.07) is 15.7. The summed E-state index contributed by atoms with van der Waals surface area (Å²) in [6.45, 7) is 3.96. The van der Waals surface area contributed by atoms with Crippen LogP contribution in [-0.4, -0.2) is 64.6 Å². The molecule has 2 N–H and O–H groups in total. The van der Waals surface area contributed by atoms with Gasteiger partial charge >= 0.3 is 6.09 Å². The molecule has 0 aromatic heterocycles. The Morgan fingerprint density at radius 1 is 1.05 bits per heavy atom. The molecule has 1 saturated carbocycles. The van der Waals surface area contributed by atoms with E-state index in [1.807, 2.05) is 54.6 Å². The Hall–Kier alpha value is -3.11. The number of ether oxygens (including phenoxy) is 2. The SMILES string of the molecule is C=CCOC(=O)N1CSC[C@H]1C(=O)N[C@@H](CSCC1CCCCC1)C(=O)NCc1ccc(Oc2ccccc2)cc1. The Labute approximate surface area is 251 Å². The second-order valence-corrected chi connectivity index (χ2v) is 12.3. The number of benzene rings is 2. The summed E-state index contributed by atoms with van der Waals surface area (Å²) >= 11 is 3.19. The first kappa shape index (κ1) is 30.8. The molecule has 2 fully saturated rings. The zero-order valence-corrected chi connectivity index (χ0v) is 24.9. The lowest BCUT2D eigenvalue weighted by Crippen LogP contribution is -2.54. The second kappa shape index (κ2) is 16.4. The predicted octanol–water partition coefficient (Wildman–Crippen LogP) is 5.59. The van der Waals surface area contributed by atoms with Crippen molar-refractivity contribution in [1.82, 2.24) is 15.5 Å². The van der Waals surface area contributed by atoms with Gasteiger partial charge in [-0.25, -0.2) is 4.79 Å². The molecule has 1 saturated heterocycles. The summed E-state index contributed by atoms with van der Waals surface area (Å²) in [5, 5.41) is 5.92. The predicted molar refractivity (Wildman–Crippen MR) is 165 cm³/mol. The van der Waals surface area contributed by atoms with E-state index >= 15 is 0 Å². The van der Waals surface area contributed by atoms with Crippen molar-refractivity contribution >= 4 is 41.4 Å². The van der Waals surface area contributed by atoms with Crippen molar-refractivity contribution < 1.29 is 23.9 Å². The number of hydrogen-bond donors (Lipinski definition) is 2.